The second-order valence-corrected chi connectivity index (χ2v) is 13.5. The average molecular weight is 721 g/mol. The maximum atomic E-state index is 6.73. The molecule has 56 heavy (non-hydrogen) atoms. The number of para-hydroxylation sites is 2. The topological polar surface area (TPSA) is 104 Å². The van der Waals surface area contributed by atoms with Gasteiger partial charge < -0.3 is 8.83 Å². The Labute approximate surface area is 319 Å². The van der Waals surface area contributed by atoms with E-state index in [2.05, 4.69) is 24.3 Å². The van der Waals surface area contributed by atoms with Crippen molar-refractivity contribution in [3.63, 3.8) is 0 Å². The molecule has 0 fully saturated rings. The van der Waals surface area contributed by atoms with Gasteiger partial charge in [0.2, 0.25) is 0 Å². The molecule has 0 unspecified atom stereocenters. The Balaban J connectivity index is 1.06. The fourth-order valence-corrected chi connectivity index (χ4v) is 7.26. The highest BCUT2D eigenvalue weighted by Gasteiger charge is 2.20. The molecule has 0 atom stereocenters. The number of fused-ring (bicyclic) bond motifs is 6. The van der Waals surface area contributed by atoms with E-state index in [0.29, 0.717) is 46.1 Å². The van der Waals surface area contributed by atoms with Gasteiger partial charge in [-0.15, -0.1) is 0 Å². The van der Waals surface area contributed by atoms with Gasteiger partial charge in [0, 0.05) is 49.4 Å². The first-order valence-electron chi connectivity index (χ1n) is 18.3. The Morgan fingerprint density at radius 1 is 0.268 bits per heavy atom. The summed E-state index contributed by atoms with van der Waals surface area (Å²) in [4.78, 5) is 29.9. The number of aromatic nitrogens is 6. The van der Waals surface area contributed by atoms with Crippen LogP contribution in [0.25, 0.3) is 112 Å². The van der Waals surface area contributed by atoms with Crippen molar-refractivity contribution in [1.29, 1.82) is 0 Å². The fraction of sp³-hybridized carbons (Fsp3) is 0. The molecule has 0 saturated heterocycles. The van der Waals surface area contributed by atoms with Gasteiger partial charge in [0.25, 0.3) is 0 Å². The number of rotatable bonds is 6. The molecule has 262 valence electrons. The van der Waals surface area contributed by atoms with Crippen molar-refractivity contribution >= 4 is 43.9 Å². The lowest BCUT2D eigenvalue weighted by molar-refractivity contribution is 0.669. The summed E-state index contributed by atoms with van der Waals surface area (Å²) in [6.07, 6.45) is 0. The molecule has 11 aromatic rings. The highest BCUT2D eigenvalue weighted by Crippen LogP contribution is 2.38. The van der Waals surface area contributed by atoms with Crippen molar-refractivity contribution in [3.8, 4) is 68.3 Å². The summed E-state index contributed by atoms with van der Waals surface area (Å²) in [7, 11) is 0. The summed E-state index contributed by atoms with van der Waals surface area (Å²) < 4.78 is 12.9. The first-order valence-corrected chi connectivity index (χ1v) is 18.3. The molecule has 4 heterocycles. The summed E-state index contributed by atoms with van der Waals surface area (Å²) >= 11 is 0. The van der Waals surface area contributed by atoms with Crippen molar-refractivity contribution in [2.45, 2.75) is 0 Å². The summed E-state index contributed by atoms with van der Waals surface area (Å²) in [5.41, 5.74) is 8.15. The predicted octanol–water partition coefficient (Wildman–Crippen LogP) is 11.9. The van der Waals surface area contributed by atoms with Crippen LogP contribution in [0.15, 0.2) is 179 Å². The van der Waals surface area contributed by atoms with Crippen LogP contribution in [0.4, 0.5) is 0 Å². The SMILES string of the molecule is c1ccc(-c2nc(-c3ccccc3)nc(-c3ccc4c(c3)oc3c(-c5nc(-c6ccccc6)nc(-c6ccc7oc8ccccc8c7c6)n5)cccc34)n2)cc1. The van der Waals surface area contributed by atoms with Gasteiger partial charge in [0.15, 0.2) is 34.9 Å². The zero-order chi connectivity index (χ0) is 37.0. The molecule has 4 aromatic heterocycles. The number of furan rings is 2. The van der Waals surface area contributed by atoms with Crippen molar-refractivity contribution in [2.24, 2.45) is 0 Å². The molecule has 8 nitrogen and oxygen atoms in total. The van der Waals surface area contributed by atoms with Crippen LogP contribution >= 0.6 is 0 Å². The third-order valence-corrected chi connectivity index (χ3v) is 10.00. The van der Waals surface area contributed by atoms with Crippen LogP contribution < -0.4 is 0 Å². The highest BCUT2D eigenvalue weighted by molar-refractivity contribution is 6.10. The van der Waals surface area contributed by atoms with E-state index in [4.69, 9.17) is 38.7 Å². The van der Waals surface area contributed by atoms with Gasteiger partial charge in [-0.1, -0.05) is 127 Å². The number of benzene rings is 7. The Bertz CT molecular complexity index is 3190. The van der Waals surface area contributed by atoms with Gasteiger partial charge in [0.05, 0.1) is 5.56 Å². The molecule has 0 aliphatic rings. The fourth-order valence-electron chi connectivity index (χ4n) is 7.26. The monoisotopic (exact) mass is 720 g/mol. The largest absolute Gasteiger partial charge is 0.456 e. The smallest absolute Gasteiger partial charge is 0.167 e. The van der Waals surface area contributed by atoms with Gasteiger partial charge in [0.1, 0.15) is 22.3 Å². The lowest BCUT2D eigenvalue weighted by Crippen LogP contribution is -2.00. The van der Waals surface area contributed by atoms with Crippen LogP contribution in [-0.2, 0) is 0 Å². The zero-order valence-electron chi connectivity index (χ0n) is 29.7. The van der Waals surface area contributed by atoms with Crippen LogP contribution in [0.2, 0.25) is 0 Å². The summed E-state index contributed by atoms with van der Waals surface area (Å²) in [5.74, 6) is 3.37. The van der Waals surface area contributed by atoms with E-state index < -0.39 is 0 Å². The third-order valence-electron chi connectivity index (χ3n) is 10.00. The molecule has 7 aromatic carbocycles. The Morgan fingerprint density at radius 2 is 0.732 bits per heavy atom. The van der Waals surface area contributed by atoms with Crippen LogP contribution in [0.1, 0.15) is 0 Å². The normalized spacial score (nSPS) is 11.6. The van der Waals surface area contributed by atoms with E-state index in [0.717, 1.165) is 66.1 Å². The Hall–Kier alpha value is -7.84. The molecule has 0 bridgehead atoms. The standard InChI is InChI=1S/C48H28N6O2/c1-4-13-29(14-5-1)43-49-44(30-15-6-2-7-16-30)51-47(50-43)33-23-25-35-36-20-12-21-37(42(36)56-41(35)28-33)48-53-45(31-17-8-3-9-18-31)52-46(54-48)32-24-26-40-38(27-32)34-19-10-11-22-39(34)55-40/h1-28H. The third kappa shape index (κ3) is 5.47. The van der Waals surface area contributed by atoms with Crippen LogP contribution in [0.5, 0.6) is 0 Å². The Morgan fingerprint density at radius 3 is 1.36 bits per heavy atom. The first-order chi connectivity index (χ1) is 27.7. The van der Waals surface area contributed by atoms with Gasteiger partial charge in [-0.05, 0) is 42.5 Å². The second-order valence-electron chi connectivity index (χ2n) is 13.5. The lowest BCUT2D eigenvalue weighted by Gasteiger charge is -2.09. The van der Waals surface area contributed by atoms with Gasteiger partial charge >= 0.3 is 0 Å². The van der Waals surface area contributed by atoms with E-state index in [-0.39, 0.29) is 0 Å². The van der Waals surface area contributed by atoms with Crippen molar-refractivity contribution in [1.82, 2.24) is 29.9 Å². The highest BCUT2D eigenvalue weighted by atomic mass is 16.3. The molecule has 0 saturated carbocycles. The molecule has 0 spiro atoms. The maximum absolute atomic E-state index is 6.73. The predicted molar refractivity (Wildman–Crippen MR) is 220 cm³/mol. The van der Waals surface area contributed by atoms with Crippen molar-refractivity contribution in [3.05, 3.63) is 170 Å². The van der Waals surface area contributed by atoms with E-state index in [1.807, 2.05) is 146 Å². The van der Waals surface area contributed by atoms with E-state index in [1.165, 1.54) is 0 Å². The average Bonchev–Trinajstić information content (AvgIpc) is 3.85. The summed E-state index contributed by atoms with van der Waals surface area (Å²) in [6, 6.07) is 56.2. The quantitative estimate of drug-likeness (QED) is 0.167. The molecule has 0 N–H and O–H groups in total. The summed E-state index contributed by atoms with van der Waals surface area (Å²) in [5, 5.41) is 3.95. The van der Waals surface area contributed by atoms with Crippen LogP contribution in [-0.4, -0.2) is 29.9 Å². The molecule has 8 heteroatoms. The van der Waals surface area contributed by atoms with E-state index >= 15 is 0 Å². The van der Waals surface area contributed by atoms with Gasteiger partial charge in [-0.3, -0.25) is 0 Å². The summed E-state index contributed by atoms with van der Waals surface area (Å²) in [6.45, 7) is 0. The van der Waals surface area contributed by atoms with Crippen molar-refractivity contribution in [2.75, 3.05) is 0 Å². The molecule has 0 aliphatic heterocycles. The Kier molecular flexibility index (Phi) is 7.31. The minimum atomic E-state index is 0.508. The first kappa shape index (κ1) is 31.7. The lowest BCUT2D eigenvalue weighted by atomic mass is 10.1. The van der Waals surface area contributed by atoms with Crippen molar-refractivity contribution < 1.29 is 8.83 Å². The minimum Gasteiger partial charge on any atom is -0.456 e. The van der Waals surface area contributed by atoms with E-state index in [9.17, 15) is 0 Å². The number of nitrogens with zero attached hydrogens (tertiary/aromatic N) is 6. The maximum Gasteiger partial charge on any atom is 0.167 e. The van der Waals surface area contributed by atoms with E-state index in [1.54, 1.807) is 0 Å². The van der Waals surface area contributed by atoms with Crippen LogP contribution in [0, 0.1) is 0 Å². The molecular formula is C48H28N6O2. The molecule has 11 rings (SSSR count). The minimum absolute atomic E-state index is 0.508. The number of hydrogen-bond acceptors (Lipinski definition) is 8. The van der Waals surface area contributed by atoms with Crippen LogP contribution in [0.3, 0.4) is 0 Å². The number of hydrogen-bond donors (Lipinski definition) is 0. The molecule has 0 radical (unpaired) electrons. The molecule has 0 aliphatic carbocycles. The van der Waals surface area contributed by atoms with Gasteiger partial charge in [-0.2, -0.15) is 0 Å². The van der Waals surface area contributed by atoms with Gasteiger partial charge in [-0.25, -0.2) is 29.9 Å². The zero-order valence-corrected chi connectivity index (χ0v) is 29.7. The molecule has 0 amide bonds. The molecular weight excluding hydrogens is 693 g/mol. The second kappa shape index (κ2) is 12.9.